The van der Waals surface area contributed by atoms with Crippen LogP contribution in [0.4, 0.5) is 23.2 Å². The zero-order chi connectivity index (χ0) is 15.2. The molecular weight excluding hydrogens is 304 g/mol. The van der Waals surface area contributed by atoms with Crippen LogP contribution in [0.25, 0.3) is 20.8 Å². The summed E-state index contributed by atoms with van der Waals surface area (Å²) in [7, 11) is 0. The molecule has 2 nitrogen and oxygen atoms in total. The lowest BCUT2D eigenvalue weighted by molar-refractivity contribution is -0.137. The lowest BCUT2D eigenvalue weighted by Gasteiger charge is -2.04. The van der Waals surface area contributed by atoms with E-state index in [9.17, 15) is 17.6 Å². The molecule has 108 valence electrons. The molecule has 21 heavy (non-hydrogen) atoms. The maximum atomic E-state index is 13.8. The largest absolute Gasteiger partial charge is 0.416 e. The van der Waals surface area contributed by atoms with E-state index in [0.717, 1.165) is 23.5 Å². The van der Waals surface area contributed by atoms with Crippen molar-refractivity contribution >= 4 is 27.2 Å². The van der Waals surface area contributed by atoms with E-state index >= 15 is 0 Å². The molecule has 1 aromatic heterocycles. The zero-order valence-corrected chi connectivity index (χ0v) is 11.2. The molecule has 0 aliphatic rings. The van der Waals surface area contributed by atoms with E-state index in [-0.39, 0.29) is 21.8 Å². The summed E-state index contributed by atoms with van der Waals surface area (Å²) in [5.74, 6) is -0.551. The maximum Gasteiger partial charge on any atom is 0.416 e. The number of nitrogens with zero attached hydrogens (tertiary/aromatic N) is 1. The first kappa shape index (κ1) is 13.8. The van der Waals surface area contributed by atoms with Gasteiger partial charge in [-0.1, -0.05) is 6.07 Å². The van der Waals surface area contributed by atoms with Crippen LogP contribution in [0.2, 0.25) is 0 Å². The number of halogens is 4. The number of thiazole rings is 1. The number of alkyl halides is 3. The number of hydrogen-bond donors (Lipinski definition) is 1. The fourth-order valence-corrected chi connectivity index (χ4v) is 2.99. The average molecular weight is 312 g/mol. The van der Waals surface area contributed by atoms with Gasteiger partial charge in [0.2, 0.25) is 0 Å². The van der Waals surface area contributed by atoms with E-state index in [2.05, 4.69) is 4.98 Å². The molecule has 1 heterocycles. The third kappa shape index (κ3) is 2.44. The van der Waals surface area contributed by atoms with Crippen LogP contribution in [0.15, 0.2) is 36.4 Å². The molecule has 0 radical (unpaired) electrons. The smallest absolute Gasteiger partial charge is 0.398 e. The molecule has 0 saturated carbocycles. The van der Waals surface area contributed by atoms with Gasteiger partial charge in [-0.2, -0.15) is 13.2 Å². The van der Waals surface area contributed by atoms with E-state index in [4.69, 9.17) is 5.73 Å². The Balaban J connectivity index is 2.18. The van der Waals surface area contributed by atoms with Crippen LogP contribution in [0.5, 0.6) is 0 Å². The predicted octanol–water partition coefficient (Wildman–Crippen LogP) is 4.70. The van der Waals surface area contributed by atoms with Crippen molar-refractivity contribution in [1.29, 1.82) is 0 Å². The third-order valence-corrected chi connectivity index (χ3v) is 4.03. The van der Waals surface area contributed by atoms with Crippen LogP contribution in [-0.2, 0) is 6.18 Å². The van der Waals surface area contributed by atoms with Gasteiger partial charge in [0, 0.05) is 5.69 Å². The third-order valence-electron chi connectivity index (χ3n) is 2.97. The van der Waals surface area contributed by atoms with Gasteiger partial charge in [-0.3, -0.25) is 0 Å². The topological polar surface area (TPSA) is 38.9 Å². The van der Waals surface area contributed by atoms with Crippen LogP contribution in [0.1, 0.15) is 5.56 Å². The van der Waals surface area contributed by atoms with E-state index in [0.29, 0.717) is 4.70 Å². The van der Waals surface area contributed by atoms with Crippen molar-refractivity contribution in [2.24, 2.45) is 0 Å². The number of hydrogen-bond acceptors (Lipinski definition) is 3. The Bertz CT molecular complexity index is 803. The maximum absolute atomic E-state index is 13.8. The minimum atomic E-state index is -4.44. The molecule has 0 aliphatic heterocycles. The fourth-order valence-electron chi connectivity index (χ4n) is 1.98. The summed E-state index contributed by atoms with van der Waals surface area (Å²) >= 11 is 1.10. The van der Waals surface area contributed by atoms with E-state index in [1.165, 1.54) is 24.3 Å². The van der Waals surface area contributed by atoms with Crippen molar-refractivity contribution in [3.05, 3.63) is 47.8 Å². The zero-order valence-electron chi connectivity index (χ0n) is 10.4. The number of nitrogen functional groups attached to an aromatic ring is 1. The van der Waals surface area contributed by atoms with Crippen LogP contribution < -0.4 is 5.73 Å². The van der Waals surface area contributed by atoms with Gasteiger partial charge >= 0.3 is 6.18 Å². The van der Waals surface area contributed by atoms with E-state index in [1.807, 2.05) is 0 Å². The second-order valence-electron chi connectivity index (χ2n) is 4.40. The standard InChI is InChI=1S/C14H8F4N2S/c15-8-2-1-3-9(19)12(8)13-20-10-6-7(14(16,17)18)4-5-11(10)21-13/h1-6H,19H2. The summed E-state index contributed by atoms with van der Waals surface area (Å²) < 4.78 is 52.4. The molecule has 0 saturated heterocycles. The lowest BCUT2D eigenvalue weighted by Crippen LogP contribution is -2.03. The number of nitrogens with two attached hydrogens (primary N) is 1. The predicted molar refractivity (Wildman–Crippen MR) is 74.4 cm³/mol. The summed E-state index contributed by atoms with van der Waals surface area (Å²) in [4.78, 5) is 4.08. The number of fused-ring (bicyclic) bond motifs is 1. The summed E-state index contributed by atoms with van der Waals surface area (Å²) in [5, 5.41) is 0.264. The van der Waals surface area contributed by atoms with E-state index in [1.54, 1.807) is 0 Å². The number of rotatable bonds is 1. The molecule has 3 aromatic rings. The normalized spacial score (nSPS) is 12.0. The molecule has 3 rings (SSSR count). The number of benzene rings is 2. The fraction of sp³-hybridized carbons (Fsp3) is 0.0714. The first-order chi connectivity index (χ1) is 9.86. The highest BCUT2D eigenvalue weighted by Gasteiger charge is 2.30. The molecule has 0 amide bonds. The Morgan fingerprint density at radius 3 is 2.52 bits per heavy atom. The van der Waals surface area contributed by atoms with Gasteiger partial charge < -0.3 is 5.73 Å². The van der Waals surface area contributed by atoms with Gasteiger partial charge in [0.25, 0.3) is 0 Å². The van der Waals surface area contributed by atoms with Crippen LogP contribution in [-0.4, -0.2) is 4.98 Å². The highest BCUT2D eigenvalue weighted by molar-refractivity contribution is 7.21. The second kappa shape index (κ2) is 4.70. The minimum Gasteiger partial charge on any atom is -0.398 e. The molecule has 0 fully saturated rings. The molecule has 0 bridgehead atoms. The second-order valence-corrected chi connectivity index (χ2v) is 5.43. The highest BCUT2D eigenvalue weighted by atomic mass is 32.1. The van der Waals surface area contributed by atoms with Crippen LogP contribution >= 0.6 is 11.3 Å². The van der Waals surface area contributed by atoms with Crippen molar-refractivity contribution < 1.29 is 17.6 Å². The Morgan fingerprint density at radius 1 is 1.10 bits per heavy atom. The van der Waals surface area contributed by atoms with Gasteiger partial charge in [0.1, 0.15) is 10.8 Å². The highest BCUT2D eigenvalue weighted by Crippen LogP contribution is 2.37. The van der Waals surface area contributed by atoms with Gasteiger partial charge in [-0.15, -0.1) is 11.3 Å². The van der Waals surface area contributed by atoms with E-state index < -0.39 is 17.6 Å². The number of anilines is 1. The van der Waals surface area contributed by atoms with Crippen molar-refractivity contribution in [1.82, 2.24) is 4.98 Å². The molecule has 2 N–H and O–H groups in total. The lowest BCUT2D eigenvalue weighted by atomic mass is 10.2. The Hall–Kier alpha value is -2.15. The van der Waals surface area contributed by atoms with Crippen LogP contribution in [0, 0.1) is 5.82 Å². The average Bonchev–Trinajstić information content (AvgIpc) is 2.79. The molecule has 0 unspecified atom stereocenters. The van der Waals surface area contributed by atoms with Gasteiger partial charge in [0.15, 0.2) is 0 Å². The van der Waals surface area contributed by atoms with Gasteiger partial charge in [-0.25, -0.2) is 9.37 Å². The molecular formula is C14H8F4N2S. The summed E-state index contributed by atoms with van der Waals surface area (Å²) in [6, 6.07) is 7.48. The van der Waals surface area contributed by atoms with Gasteiger partial charge in [-0.05, 0) is 30.3 Å². The molecule has 7 heteroatoms. The molecule has 0 spiro atoms. The van der Waals surface area contributed by atoms with Crippen molar-refractivity contribution in [3.8, 4) is 10.6 Å². The summed E-state index contributed by atoms with van der Waals surface area (Å²) in [6.45, 7) is 0. The van der Waals surface area contributed by atoms with Crippen molar-refractivity contribution in [2.75, 3.05) is 5.73 Å². The SMILES string of the molecule is Nc1cccc(F)c1-c1nc2cc(C(F)(F)F)ccc2s1. The quantitative estimate of drug-likeness (QED) is 0.522. The Labute approximate surface area is 120 Å². The molecule has 2 aromatic carbocycles. The first-order valence-electron chi connectivity index (χ1n) is 5.88. The van der Waals surface area contributed by atoms with Crippen LogP contribution in [0.3, 0.4) is 0 Å². The van der Waals surface area contributed by atoms with Crippen molar-refractivity contribution in [3.63, 3.8) is 0 Å². The summed E-state index contributed by atoms with van der Waals surface area (Å²) in [6.07, 6.45) is -4.44. The molecule has 0 aliphatic carbocycles. The Kier molecular flexibility index (Phi) is 3.09. The molecule has 0 atom stereocenters. The summed E-state index contributed by atoms with van der Waals surface area (Å²) in [5.41, 5.74) is 5.43. The monoisotopic (exact) mass is 312 g/mol. The first-order valence-corrected chi connectivity index (χ1v) is 6.70. The van der Waals surface area contributed by atoms with Gasteiger partial charge in [0.05, 0.1) is 21.3 Å². The minimum absolute atomic E-state index is 0.118. The Morgan fingerprint density at radius 2 is 1.86 bits per heavy atom. The number of aromatic nitrogens is 1. The van der Waals surface area contributed by atoms with Crippen molar-refractivity contribution in [2.45, 2.75) is 6.18 Å².